The fourth-order valence-electron chi connectivity index (χ4n) is 3.29. The van der Waals surface area contributed by atoms with Gasteiger partial charge in [0.25, 0.3) is 5.91 Å². The highest BCUT2D eigenvalue weighted by Crippen LogP contribution is 2.34. The molecule has 3 aromatic rings. The molecule has 0 atom stereocenters. The molecule has 0 fully saturated rings. The van der Waals surface area contributed by atoms with E-state index >= 15 is 0 Å². The summed E-state index contributed by atoms with van der Waals surface area (Å²) >= 11 is 0. The van der Waals surface area contributed by atoms with Gasteiger partial charge in [-0.25, -0.2) is 9.97 Å². The molecule has 0 bridgehead atoms. The molecule has 1 aliphatic rings. The van der Waals surface area contributed by atoms with Crippen LogP contribution >= 0.6 is 0 Å². The van der Waals surface area contributed by atoms with Crippen LogP contribution in [-0.2, 0) is 26.1 Å². The van der Waals surface area contributed by atoms with E-state index in [0.29, 0.717) is 29.9 Å². The molecule has 4 rings (SSSR count). The van der Waals surface area contributed by atoms with E-state index in [1.807, 2.05) is 0 Å². The number of carbonyl (C=O) groups excluding carboxylic acids is 1. The van der Waals surface area contributed by atoms with Gasteiger partial charge in [0, 0.05) is 24.5 Å². The SMILES string of the molecule is Cn1nc(C(N)=O)c2c1-c1nc(Nc3ccc(C(F)(F)F)cc3)ncc1CC2. The second-order valence-electron chi connectivity index (χ2n) is 6.43. The number of nitrogens with zero attached hydrogens (tertiary/aromatic N) is 4. The topological polar surface area (TPSA) is 98.7 Å². The number of rotatable bonds is 3. The molecule has 0 radical (unpaired) electrons. The van der Waals surface area contributed by atoms with Gasteiger partial charge in [0.1, 0.15) is 0 Å². The predicted octanol–water partition coefficient (Wildman–Crippen LogP) is 2.84. The van der Waals surface area contributed by atoms with E-state index in [1.54, 1.807) is 17.9 Å². The Morgan fingerprint density at radius 2 is 1.93 bits per heavy atom. The first-order chi connectivity index (χ1) is 13.2. The van der Waals surface area contributed by atoms with Gasteiger partial charge in [-0.1, -0.05) is 0 Å². The summed E-state index contributed by atoms with van der Waals surface area (Å²) in [7, 11) is 1.70. The van der Waals surface area contributed by atoms with Crippen LogP contribution in [0.15, 0.2) is 30.5 Å². The summed E-state index contributed by atoms with van der Waals surface area (Å²) in [6, 6.07) is 4.59. The summed E-state index contributed by atoms with van der Waals surface area (Å²) in [4.78, 5) is 20.4. The van der Waals surface area contributed by atoms with Crippen molar-refractivity contribution in [3.63, 3.8) is 0 Å². The highest BCUT2D eigenvalue weighted by Gasteiger charge is 2.30. The largest absolute Gasteiger partial charge is 0.416 e. The molecule has 144 valence electrons. The van der Waals surface area contributed by atoms with Gasteiger partial charge in [0.05, 0.1) is 17.0 Å². The minimum atomic E-state index is -4.39. The minimum Gasteiger partial charge on any atom is -0.364 e. The Hall–Kier alpha value is -3.43. The monoisotopic (exact) mass is 388 g/mol. The number of halogens is 3. The number of hydrogen-bond acceptors (Lipinski definition) is 5. The molecule has 28 heavy (non-hydrogen) atoms. The highest BCUT2D eigenvalue weighted by molar-refractivity contribution is 5.94. The molecule has 0 unspecified atom stereocenters. The number of fused-ring (bicyclic) bond motifs is 3. The summed E-state index contributed by atoms with van der Waals surface area (Å²) in [6.07, 6.45) is -1.50. The number of aromatic nitrogens is 4. The Morgan fingerprint density at radius 3 is 2.57 bits per heavy atom. The van der Waals surface area contributed by atoms with Crippen molar-refractivity contribution < 1.29 is 18.0 Å². The second kappa shape index (κ2) is 6.32. The maximum Gasteiger partial charge on any atom is 0.416 e. The number of hydrogen-bond donors (Lipinski definition) is 2. The van der Waals surface area contributed by atoms with Gasteiger partial charge in [-0.3, -0.25) is 9.48 Å². The summed E-state index contributed by atoms with van der Waals surface area (Å²) < 4.78 is 39.6. The Balaban J connectivity index is 1.68. The van der Waals surface area contributed by atoms with Crippen LogP contribution in [0.1, 0.15) is 27.2 Å². The Bertz CT molecular complexity index is 1070. The van der Waals surface area contributed by atoms with E-state index in [1.165, 1.54) is 12.1 Å². The molecule has 1 amide bonds. The van der Waals surface area contributed by atoms with E-state index in [-0.39, 0.29) is 11.6 Å². The summed E-state index contributed by atoms with van der Waals surface area (Å²) in [5.41, 5.74) is 8.25. The molecule has 1 aliphatic carbocycles. The third-order valence-electron chi connectivity index (χ3n) is 4.58. The molecule has 1 aromatic carbocycles. The van der Waals surface area contributed by atoms with E-state index in [2.05, 4.69) is 20.4 Å². The Kier molecular flexibility index (Phi) is 4.06. The fraction of sp³-hybridized carbons (Fsp3) is 0.222. The van der Waals surface area contributed by atoms with Crippen molar-refractivity contribution >= 4 is 17.5 Å². The number of primary amides is 1. The van der Waals surface area contributed by atoms with Gasteiger partial charge in [0.15, 0.2) is 5.69 Å². The van der Waals surface area contributed by atoms with Crippen LogP contribution in [-0.4, -0.2) is 25.7 Å². The van der Waals surface area contributed by atoms with Crippen molar-refractivity contribution in [3.8, 4) is 11.4 Å². The van der Waals surface area contributed by atoms with Gasteiger partial charge in [-0.2, -0.15) is 18.3 Å². The van der Waals surface area contributed by atoms with Gasteiger partial charge in [-0.15, -0.1) is 0 Å². The summed E-state index contributed by atoms with van der Waals surface area (Å²) in [6.45, 7) is 0. The number of carbonyl (C=O) groups is 1. The molecule has 7 nitrogen and oxygen atoms in total. The van der Waals surface area contributed by atoms with E-state index in [9.17, 15) is 18.0 Å². The molecular weight excluding hydrogens is 373 g/mol. The fourth-order valence-corrected chi connectivity index (χ4v) is 3.29. The average molecular weight is 388 g/mol. The quantitative estimate of drug-likeness (QED) is 0.719. The van der Waals surface area contributed by atoms with Crippen LogP contribution in [0.3, 0.4) is 0 Å². The number of aryl methyl sites for hydroxylation is 2. The number of benzene rings is 1. The third kappa shape index (κ3) is 3.06. The maximum absolute atomic E-state index is 12.7. The lowest BCUT2D eigenvalue weighted by Crippen LogP contribution is -2.16. The average Bonchev–Trinajstić information content (AvgIpc) is 2.99. The molecule has 0 spiro atoms. The van der Waals surface area contributed by atoms with Crippen molar-refractivity contribution in [3.05, 3.63) is 52.8 Å². The van der Waals surface area contributed by atoms with Gasteiger partial charge >= 0.3 is 6.18 Å². The maximum atomic E-state index is 12.7. The first kappa shape index (κ1) is 18.0. The normalized spacial score (nSPS) is 13.0. The van der Waals surface area contributed by atoms with Crippen LogP contribution in [0.25, 0.3) is 11.4 Å². The van der Waals surface area contributed by atoms with Crippen molar-refractivity contribution in [1.82, 2.24) is 19.7 Å². The molecule has 2 aromatic heterocycles. The van der Waals surface area contributed by atoms with Crippen molar-refractivity contribution in [1.29, 1.82) is 0 Å². The smallest absolute Gasteiger partial charge is 0.364 e. The van der Waals surface area contributed by atoms with E-state index in [0.717, 1.165) is 23.3 Å². The van der Waals surface area contributed by atoms with Crippen LogP contribution in [0.5, 0.6) is 0 Å². The van der Waals surface area contributed by atoms with Gasteiger partial charge < -0.3 is 11.1 Å². The summed E-state index contributed by atoms with van der Waals surface area (Å²) in [5, 5.41) is 7.09. The van der Waals surface area contributed by atoms with Crippen LogP contribution in [0.4, 0.5) is 24.8 Å². The van der Waals surface area contributed by atoms with Crippen molar-refractivity contribution in [2.24, 2.45) is 12.8 Å². The number of alkyl halides is 3. The molecule has 0 saturated carbocycles. The number of nitrogens with two attached hydrogens (primary N) is 1. The lowest BCUT2D eigenvalue weighted by atomic mass is 9.93. The third-order valence-corrected chi connectivity index (χ3v) is 4.58. The number of anilines is 2. The number of nitrogens with one attached hydrogen (secondary N) is 1. The second-order valence-corrected chi connectivity index (χ2v) is 6.43. The lowest BCUT2D eigenvalue weighted by Gasteiger charge is -2.17. The van der Waals surface area contributed by atoms with Crippen molar-refractivity contribution in [2.45, 2.75) is 19.0 Å². The molecule has 10 heteroatoms. The zero-order chi connectivity index (χ0) is 20.1. The Morgan fingerprint density at radius 1 is 1.21 bits per heavy atom. The van der Waals surface area contributed by atoms with Crippen molar-refractivity contribution in [2.75, 3.05) is 5.32 Å². The first-order valence-electron chi connectivity index (χ1n) is 8.40. The number of amides is 1. The van der Waals surface area contributed by atoms with Gasteiger partial charge in [-0.05, 0) is 42.7 Å². The van der Waals surface area contributed by atoms with Crippen LogP contribution < -0.4 is 11.1 Å². The van der Waals surface area contributed by atoms with Gasteiger partial charge in [0.2, 0.25) is 5.95 Å². The minimum absolute atomic E-state index is 0.221. The zero-order valence-corrected chi connectivity index (χ0v) is 14.7. The molecular formula is C18H15F3N6O. The van der Waals surface area contributed by atoms with Crippen LogP contribution in [0.2, 0.25) is 0 Å². The van der Waals surface area contributed by atoms with E-state index < -0.39 is 17.6 Å². The molecule has 0 aliphatic heterocycles. The van der Waals surface area contributed by atoms with E-state index in [4.69, 9.17) is 5.73 Å². The Labute approximate surface area is 157 Å². The molecule has 0 saturated heterocycles. The highest BCUT2D eigenvalue weighted by atomic mass is 19.4. The first-order valence-corrected chi connectivity index (χ1v) is 8.40. The molecule has 2 heterocycles. The predicted molar refractivity (Wildman–Crippen MR) is 94.9 cm³/mol. The lowest BCUT2D eigenvalue weighted by molar-refractivity contribution is -0.137. The molecule has 3 N–H and O–H groups in total. The zero-order valence-electron chi connectivity index (χ0n) is 14.7. The standard InChI is InChI=1S/C18H15F3N6O/c1-27-15-12(14(26-27)16(22)28)7-2-9-8-23-17(25-13(9)15)24-11-5-3-10(4-6-11)18(19,20)21/h3-6,8H,2,7H2,1H3,(H2,22,28)(H,23,24,25). The van der Waals surface area contributed by atoms with Crippen LogP contribution in [0, 0.1) is 0 Å². The summed E-state index contributed by atoms with van der Waals surface area (Å²) in [5.74, 6) is -0.370.